The number of amides is 1. The molecule has 5 nitrogen and oxygen atoms in total. The van der Waals surface area contributed by atoms with E-state index >= 15 is 0 Å². The number of carbonyl (C=O) groups excluding carboxylic acids is 1. The van der Waals surface area contributed by atoms with E-state index in [2.05, 4.69) is 26.1 Å². The molecule has 0 spiro atoms. The molecule has 25 heavy (non-hydrogen) atoms. The highest BCUT2D eigenvalue weighted by Crippen LogP contribution is 2.32. The highest BCUT2D eigenvalue weighted by Gasteiger charge is 2.27. The minimum absolute atomic E-state index is 0.204. The Labute approximate surface area is 161 Å². The van der Waals surface area contributed by atoms with Crippen molar-refractivity contribution in [3.63, 3.8) is 0 Å². The van der Waals surface area contributed by atoms with Crippen molar-refractivity contribution in [1.29, 1.82) is 0 Å². The average Bonchev–Trinajstić information content (AvgIpc) is 3.36. The lowest BCUT2D eigenvalue weighted by Crippen LogP contribution is -2.38. The molecule has 0 N–H and O–H groups in total. The maximum absolute atomic E-state index is 12.4. The van der Waals surface area contributed by atoms with Crippen LogP contribution in [0.2, 0.25) is 0 Å². The summed E-state index contributed by atoms with van der Waals surface area (Å²) in [5.74, 6) is 1.76. The molecule has 0 bridgehead atoms. The second-order valence-electron chi connectivity index (χ2n) is 5.97. The molecule has 0 aromatic carbocycles. The first-order valence-corrected chi connectivity index (χ1v) is 10.6. The van der Waals surface area contributed by atoms with Crippen LogP contribution in [-0.2, 0) is 11.2 Å². The fraction of sp³-hybridized carbons (Fsp3) is 0.353. The molecule has 1 aliphatic heterocycles. The maximum atomic E-state index is 12.4. The van der Waals surface area contributed by atoms with Gasteiger partial charge in [0.1, 0.15) is 0 Å². The second kappa shape index (κ2) is 7.39. The smallest absolute Gasteiger partial charge is 0.230 e. The van der Waals surface area contributed by atoms with E-state index in [1.165, 1.54) is 0 Å². The number of halogens is 1. The normalized spacial score (nSPS) is 15.6. The molecule has 0 unspecified atom stereocenters. The Morgan fingerprint density at radius 3 is 2.84 bits per heavy atom. The van der Waals surface area contributed by atoms with Gasteiger partial charge in [0.2, 0.25) is 17.6 Å². The van der Waals surface area contributed by atoms with Gasteiger partial charge in [-0.1, -0.05) is 11.2 Å². The third kappa shape index (κ3) is 3.86. The van der Waals surface area contributed by atoms with Crippen LogP contribution in [0.3, 0.4) is 0 Å². The summed E-state index contributed by atoms with van der Waals surface area (Å²) >= 11 is 6.67. The highest BCUT2D eigenvalue weighted by molar-refractivity contribution is 9.11. The van der Waals surface area contributed by atoms with E-state index in [0.29, 0.717) is 18.1 Å². The summed E-state index contributed by atoms with van der Waals surface area (Å²) in [6.45, 7) is 1.49. The predicted octanol–water partition coefficient (Wildman–Crippen LogP) is 4.57. The molecule has 4 rings (SSSR count). The van der Waals surface area contributed by atoms with Gasteiger partial charge >= 0.3 is 0 Å². The number of rotatable bonds is 4. The zero-order chi connectivity index (χ0) is 17.2. The van der Waals surface area contributed by atoms with Crippen molar-refractivity contribution < 1.29 is 9.32 Å². The molecule has 1 aliphatic rings. The molecule has 4 heterocycles. The zero-order valence-corrected chi connectivity index (χ0v) is 16.6. The van der Waals surface area contributed by atoms with E-state index in [1.54, 1.807) is 22.7 Å². The summed E-state index contributed by atoms with van der Waals surface area (Å²) in [7, 11) is 0. The largest absolute Gasteiger partial charge is 0.342 e. The van der Waals surface area contributed by atoms with Crippen molar-refractivity contribution in [2.24, 2.45) is 0 Å². The number of carbonyl (C=O) groups is 1. The molecule has 0 radical (unpaired) electrons. The van der Waals surface area contributed by atoms with Crippen molar-refractivity contribution >= 4 is 44.5 Å². The Hall–Kier alpha value is -1.51. The predicted molar refractivity (Wildman–Crippen MR) is 102 cm³/mol. The van der Waals surface area contributed by atoms with Gasteiger partial charge < -0.3 is 9.42 Å². The van der Waals surface area contributed by atoms with E-state index in [4.69, 9.17) is 4.52 Å². The van der Waals surface area contributed by atoms with E-state index in [-0.39, 0.29) is 11.8 Å². The van der Waals surface area contributed by atoms with Gasteiger partial charge in [-0.3, -0.25) is 4.79 Å². The lowest BCUT2D eigenvalue weighted by atomic mass is 9.96. The number of hydrogen-bond donors (Lipinski definition) is 0. The van der Waals surface area contributed by atoms with Crippen LogP contribution in [0.5, 0.6) is 0 Å². The average molecular weight is 438 g/mol. The Morgan fingerprint density at radius 2 is 2.16 bits per heavy atom. The first-order chi connectivity index (χ1) is 12.2. The second-order valence-corrected chi connectivity index (χ2v) is 9.47. The summed E-state index contributed by atoms with van der Waals surface area (Å²) in [6, 6.07) is 7.96. The Kier molecular flexibility index (Phi) is 5.00. The fourth-order valence-corrected chi connectivity index (χ4v) is 4.99. The molecule has 8 heteroatoms. The van der Waals surface area contributed by atoms with Gasteiger partial charge in [-0.05, 0) is 52.4 Å². The number of hydrogen-bond acceptors (Lipinski definition) is 6. The Bertz CT molecular complexity index is 851. The van der Waals surface area contributed by atoms with Gasteiger partial charge in [0.15, 0.2) is 0 Å². The van der Waals surface area contributed by atoms with E-state index in [0.717, 1.165) is 39.5 Å². The van der Waals surface area contributed by atoms with E-state index in [9.17, 15) is 4.79 Å². The minimum Gasteiger partial charge on any atom is -0.342 e. The fourth-order valence-electron chi connectivity index (χ4n) is 2.99. The van der Waals surface area contributed by atoms with Crippen molar-refractivity contribution in [3.05, 3.63) is 44.2 Å². The van der Waals surface area contributed by atoms with Crippen molar-refractivity contribution in [1.82, 2.24) is 15.0 Å². The number of piperidine rings is 1. The quantitative estimate of drug-likeness (QED) is 0.599. The molecule has 0 atom stereocenters. The van der Waals surface area contributed by atoms with Gasteiger partial charge in [0.25, 0.3) is 0 Å². The molecule has 130 valence electrons. The summed E-state index contributed by atoms with van der Waals surface area (Å²) in [6.07, 6.45) is 2.23. The molecule has 3 aromatic rings. The number of aromatic nitrogens is 2. The van der Waals surface area contributed by atoms with Gasteiger partial charge in [0, 0.05) is 23.9 Å². The lowest BCUT2D eigenvalue weighted by molar-refractivity contribution is -0.131. The molecule has 1 fully saturated rings. The summed E-state index contributed by atoms with van der Waals surface area (Å²) in [4.78, 5) is 21.0. The Balaban J connectivity index is 1.36. The van der Waals surface area contributed by atoms with Gasteiger partial charge in [0.05, 0.1) is 15.1 Å². The van der Waals surface area contributed by atoms with Crippen LogP contribution >= 0.6 is 38.6 Å². The molecule has 3 aromatic heterocycles. The first kappa shape index (κ1) is 16.9. The molecule has 0 aliphatic carbocycles. The highest BCUT2D eigenvalue weighted by atomic mass is 79.9. The molecule has 1 saturated heterocycles. The number of likely N-dealkylation sites (tertiary alicyclic amines) is 1. The monoisotopic (exact) mass is 437 g/mol. The first-order valence-electron chi connectivity index (χ1n) is 8.08. The SMILES string of the molecule is O=C(Cc1cccs1)N1CCC(c2nc(-c3ccc(Br)s3)no2)CC1. The van der Waals surface area contributed by atoms with Crippen LogP contribution < -0.4 is 0 Å². The van der Waals surface area contributed by atoms with Crippen molar-refractivity contribution in [2.75, 3.05) is 13.1 Å². The van der Waals surface area contributed by atoms with E-state index in [1.807, 2.05) is 34.5 Å². The summed E-state index contributed by atoms with van der Waals surface area (Å²) in [5, 5.41) is 6.11. The summed E-state index contributed by atoms with van der Waals surface area (Å²) < 4.78 is 6.52. The minimum atomic E-state index is 0.204. The van der Waals surface area contributed by atoms with Crippen LogP contribution in [0.15, 0.2) is 38.0 Å². The third-order valence-electron chi connectivity index (χ3n) is 4.34. The lowest BCUT2D eigenvalue weighted by Gasteiger charge is -2.30. The topological polar surface area (TPSA) is 59.2 Å². The van der Waals surface area contributed by atoms with Crippen LogP contribution in [0.4, 0.5) is 0 Å². The van der Waals surface area contributed by atoms with Gasteiger partial charge in [-0.25, -0.2) is 0 Å². The maximum Gasteiger partial charge on any atom is 0.230 e. The van der Waals surface area contributed by atoms with Crippen molar-refractivity contribution in [2.45, 2.75) is 25.2 Å². The zero-order valence-electron chi connectivity index (χ0n) is 13.4. The van der Waals surface area contributed by atoms with Crippen LogP contribution in [0.25, 0.3) is 10.7 Å². The van der Waals surface area contributed by atoms with Crippen LogP contribution in [0, 0.1) is 0 Å². The van der Waals surface area contributed by atoms with Crippen LogP contribution in [0.1, 0.15) is 29.5 Å². The standard InChI is InChI=1S/C17H16BrN3O2S2/c18-14-4-3-13(25-14)16-19-17(23-20-16)11-5-7-21(8-6-11)15(22)10-12-2-1-9-24-12/h1-4,9,11H,5-8,10H2. The van der Waals surface area contributed by atoms with E-state index < -0.39 is 0 Å². The van der Waals surface area contributed by atoms with Gasteiger partial charge in [-0.2, -0.15) is 4.98 Å². The molecule has 1 amide bonds. The Morgan fingerprint density at radius 1 is 1.32 bits per heavy atom. The van der Waals surface area contributed by atoms with Crippen LogP contribution in [-0.4, -0.2) is 34.0 Å². The molecular formula is C17H16BrN3O2S2. The third-order valence-corrected chi connectivity index (χ3v) is 6.83. The van der Waals surface area contributed by atoms with Gasteiger partial charge in [-0.15, -0.1) is 22.7 Å². The summed E-state index contributed by atoms with van der Waals surface area (Å²) in [5.41, 5.74) is 0. The molecule has 0 saturated carbocycles. The number of nitrogens with zero attached hydrogens (tertiary/aromatic N) is 3. The number of thiophene rings is 2. The van der Waals surface area contributed by atoms with Crippen molar-refractivity contribution in [3.8, 4) is 10.7 Å². The molecular weight excluding hydrogens is 422 g/mol.